The van der Waals surface area contributed by atoms with Crippen LogP contribution in [0.5, 0.6) is 0 Å². The van der Waals surface area contributed by atoms with Crippen molar-refractivity contribution in [2.24, 2.45) is 0 Å². The molecule has 0 atom stereocenters. The van der Waals surface area contributed by atoms with Gasteiger partial charge in [0.25, 0.3) is 0 Å². The molecule has 2 aromatic rings. The summed E-state index contributed by atoms with van der Waals surface area (Å²) in [4.78, 5) is 37.6. The molecule has 0 spiro atoms. The Bertz CT molecular complexity index is 1030. The van der Waals surface area contributed by atoms with Crippen molar-refractivity contribution in [3.63, 3.8) is 0 Å². The van der Waals surface area contributed by atoms with E-state index >= 15 is 0 Å². The molecule has 0 aliphatic rings. The van der Waals surface area contributed by atoms with Crippen LogP contribution >= 0.6 is 25.3 Å². The molecule has 0 unspecified atom stereocenters. The largest absolute Gasteiger partial charge is 0.480 e. The van der Waals surface area contributed by atoms with Gasteiger partial charge in [-0.3, -0.25) is 9.59 Å². The van der Waals surface area contributed by atoms with Crippen LogP contribution in [0.4, 0.5) is 11.4 Å². The number of thiol groups is 2. The number of aliphatic carboxylic acids is 2. The first kappa shape index (κ1) is 26.3. The maximum absolute atomic E-state index is 11.4. The zero-order valence-electron chi connectivity index (χ0n) is 17.3. The molecule has 0 heterocycles. The lowest BCUT2D eigenvalue weighted by molar-refractivity contribution is -0.136. The predicted molar refractivity (Wildman–Crippen MR) is 126 cm³/mol. The molecule has 33 heavy (non-hydrogen) atoms. The molecule has 5 N–H and O–H groups in total. The van der Waals surface area contributed by atoms with Crippen molar-refractivity contribution in [2.75, 3.05) is 36.0 Å². The van der Waals surface area contributed by atoms with Crippen LogP contribution in [0, 0.1) is 0 Å². The third kappa shape index (κ3) is 7.56. The third-order valence-electron chi connectivity index (χ3n) is 4.71. The molecule has 2 aromatic carbocycles. The highest BCUT2D eigenvalue weighted by Crippen LogP contribution is 2.29. The summed E-state index contributed by atoms with van der Waals surface area (Å²) >= 11 is 8.62. The quantitative estimate of drug-likeness (QED) is 0.171. The van der Waals surface area contributed by atoms with Gasteiger partial charge in [0.2, 0.25) is 0 Å². The fourth-order valence-electron chi connectivity index (χ4n) is 3.24. The van der Waals surface area contributed by atoms with E-state index in [1.165, 1.54) is 46.2 Å². The number of carboxylic acid groups (broad SMARTS) is 3. The molecule has 12 heteroatoms. The minimum absolute atomic E-state index is 0.0180. The van der Waals surface area contributed by atoms with Crippen LogP contribution in [-0.2, 0) is 9.59 Å². The smallest absolute Gasteiger partial charge is 0.335 e. The van der Waals surface area contributed by atoms with Gasteiger partial charge in [0.05, 0.1) is 16.9 Å². The lowest BCUT2D eigenvalue weighted by atomic mass is 10.1. The number of nitrogens with zero attached hydrogens (tertiary/aromatic N) is 2. The van der Waals surface area contributed by atoms with Gasteiger partial charge in [0.15, 0.2) is 6.29 Å². The van der Waals surface area contributed by atoms with E-state index in [9.17, 15) is 34.8 Å². The molecule has 0 saturated carbocycles. The average molecular weight is 497 g/mol. The second-order valence-corrected chi connectivity index (χ2v) is 8.08. The Morgan fingerprint density at radius 1 is 0.788 bits per heavy atom. The van der Waals surface area contributed by atoms with Gasteiger partial charge < -0.3 is 35.3 Å². The van der Waals surface area contributed by atoms with Crippen LogP contribution in [0.25, 0.3) is 0 Å². The van der Waals surface area contributed by atoms with E-state index in [4.69, 9.17) is 5.11 Å². The van der Waals surface area contributed by atoms with Crippen LogP contribution in [0.2, 0.25) is 0 Å². The molecule has 0 amide bonds. The molecule has 0 aliphatic heterocycles. The van der Waals surface area contributed by atoms with Crippen molar-refractivity contribution in [1.82, 2.24) is 0 Å². The lowest BCUT2D eigenvalue weighted by Crippen LogP contribution is -2.35. The molecule has 0 aliphatic carbocycles. The van der Waals surface area contributed by atoms with Crippen molar-refractivity contribution < 1.29 is 39.9 Å². The molecule has 0 saturated heterocycles. The average Bonchev–Trinajstić information content (AvgIpc) is 2.71. The van der Waals surface area contributed by atoms with Gasteiger partial charge in [-0.15, -0.1) is 25.3 Å². The van der Waals surface area contributed by atoms with E-state index in [1.807, 2.05) is 0 Å². The number of hydrogen-bond acceptors (Lipinski definition) is 9. The number of aliphatic hydroxyl groups is 2. The van der Waals surface area contributed by atoms with Crippen LogP contribution in [0.1, 0.15) is 28.6 Å². The summed E-state index contributed by atoms with van der Waals surface area (Å²) in [6.07, 6.45) is -1.34. The predicted octanol–water partition coefficient (Wildman–Crippen LogP) is 1.82. The van der Waals surface area contributed by atoms with Gasteiger partial charge in [-0.25, -0.2) is 4.79 Å². The Kier molecular flexibility index (Phi) is 9.41. The van der Waals surface area contributed by atoms with E-state index in [-0.39, 0.29) is 37.3 Å². The van der Waals surface area contributed by atoms with Crippen LogP contribution in [-0.4, -0.2) is 69.6 Å². The highest BCUT2D eigenvalue weighted by molar-refractivity contribution is 7.80. The topological polar surface area (TPSA) is 159 Å². The molecule has 2 rings (SSSR count). The number of carbonyl (C=O) groups is 3. The second kappa shape index (κ2) is 11.8. The summed E-state index contributed by atoms with van der Waals surface area (Å²) in [5, 5.41) is 46.3. The molecule has 178 valence electrons. The van der Waals surface area contributed by atoms with Crippen molar-refractivity contribution in [2.45, 2.75) is 22.5 Å². The third-order valence-corrected chi connectivity index (χ3v) is 5.43. The fourth-order valence-corrected chi connectivity index (χ4v) is 3.96. The fraction of sp³-hybridized carbons (Fsp3) is 0.286. The maximum Gasteiger partial charge on any atom is 0.335 e. The van der Waals surface area contributed by atoms with Gasteiger partial charge >= 0.3 is 17.9 Å². The van der Waals surface area contributed by atoms with Gasteiger partial charge in [0, 0.05) is 28.4 Å². The highest BCUT2D eigenvalue weighted by atomic mass is 32.1. The van der Waals surface area contributed by atoms with Crippen LogP contribution in [0.3, 0.4) is 0 Å². The monoisotopic (exact) mass is 496 g/mol. The first-order chi connectivity index (χ1) is 15.5. The number of aromatic carboxylic acids is 1. The molecular formula is C21H24N2O8S2. The second-order valence-electron chi connectivity index (χ2n) is 7.11. The minimum atomic E-state index is -1.69. The van der Waals surface area contributed by atoms with Crippen molar-refractivity contribution in [1.29, 1.82) is 0 Å². The van der Waals surface area contributed by atoms with Crippen molar-refractivity contribution in [3.8, 4) is 0 Å². The number of anilines is 2. The Balaban J connectivity index is 2.20. The van der Waals surface area contributed by atoms with Gasteiger partial charge in [-0.1, -0.05) is 6.07 Å². The van der Waals surface area contributed by atoms with E-state index in [0.717, 1.165) is 0 Å². The van der Waals surface area contributed by atoms with E-state index in [0.29, 0.717) is 27.6 Å². The summed E-state index contributed by atoms with van der Waals surface area (Å²) in [6, 6.07) is 8.57. The SMILES string of the molecule is O=C(O)CN(CCCN(CC(=O)O)c1ccc(C(O)O)cc1S)c1ccc(C(=O)O)cc1S. The van der Waals surface area contributed by atoms with Crippen molar-refractivity contribution in [3.05, 3.63) is 47.5 Å². The highest BCUT2D eigenvalue weighted by Gasteiger charge is 2.18. The van der Waals surface area contributed by atoms with Crippen LogP contribution < -0.4 is 9.80 Å². The number of benzene rings is 2. The molecule has 0 bridgehead atoms. The number of rotatable bonds is 12. The van der Waals surface area contributed by atoms with Gasteiger partial charge in [-0.05, 0) is 36.8 Å². The first-order valence-electron chi connectivity index (χ1n) is 9.68. The maximum atomic E-state index is 11.4. The Morgan fingerprint density at radius 2 is 1.27 bits per heavy atom. The van der Waals surface area contributed by atoms with Crippen molar-refractivity contribution >= 4 is 54.5 Å². The molecular weight excluding hydrogens is 472 g/mol. The van der Waals surface area contributed by atoms with Crippen LogP contribution in [0.15, 0.2) is 46.2 Å². The van der Waals surface area contributed by atoms with Gasteiger partial charge in [-0.2, -0.15) is 0 Å². The normalized spacial score (nSPS) is 10.8. The van der Waals surface area contributed by atoms with E-state index in [2.05, 4.69) is 25.3 Å². The molecule has 0 aromatic heterocycles. The molecule has 0 fully saturated rings. The molecule has 10 nitrogen and oxygen atoms in total. The van der Waals surface area contributed by atoms with E-state index in [1.54, 1.807) is 0 Å². The summed E-state index contributed by atoms with van der Waals surface area (Å²) in [5.41, 5.74) is 1.13. The Hall–Kier alpha value is -2.93. The first-order valence-corrected chi connectivity index (χ1v) is 10.6. The lowest BCUT2D eigenvalue weighted by Gasteiger charge is -2.28. The summed E-state index contributed by atoms with van der Waals surface area (Å²) in [5.74, 6) is -3.31. The van der Waals surface area contributed by atoms with E-state index < -0.39 is 24.2 Å². The summed E-state index contributed by atoms with van der Waals surface area (Å²) in [6.45, 7) is -0.262. The Labute approximate surface area is 200 Å². The van der Waals surface area contributed by atoms with Gasteiger partial charge in [0.1, 0.15) is 13.1 Å². The summed E-state index contributed by atoms with van der Waals surface area (Å²) < 4.78 is 0. The number of hydrogen-bond donors (Lipinski definition) is 7. The standard InChI is InChI=1S/C21H24N2O8S2/c24-18(25)10-22(14-4-2-12(20(28)29)8-16(14)32)6-1-7-23(11-19(26)27)15-5-3-13(21(30)31)9-17(15)33/h2-5,8-9,20,28-29,32-33H,1,6-7,10-11H2,(H,24,25)(H,26,27)(H,30,31). The summed E-state index contributed by atoms with van der Waals surface area (Å²) in [7, 11) is 0. The number of aliphatic hydroxyl groups excluding tert-OH is 1. The zero-order chi connectivity index (χ0) is 24.7. The Morgan fingerprint density at radius 3 is 1.67 bits per heavy atom. The minimum Gasteiger partial charge on any atom is -0.480 e. The number of carboxylic acids is 3. The molecule has 0 radical (unpaired) electrons. The zero-order valence-corrected chi connectivity index (χ0v) is 19.1.